The minimum absolute atomic E-state index is 0.0104. The number of aromatic carboxylic acids is 1. The number of pyridine rings is 1. The number of amides is 7. The van der Waals surface area contributed by atoms with Crippen LogP contribution in [0.2, 0.25) is 0 Å². The number of primary amides is 1. The molecule has 4 fully saturated rings. The number of rotatable bonds is 32. The minimum Gasteiger partial charge on any atom is -0.476 e. The van der Waals surface area contributed by atoms with Crippen molar-refractivity contribution in [2.75, 3.05) is 67.3 Å². The number of unbranched alkanes of at least 4 members (excludes halogenated alkanes) is 2. The average molecular weight is 1420 g/mol. The van der Waals surface area contributed by atoms with Crippen molar-refractivity contribution in [3.63, 3.8) is 0 Å². The zero-order valence-corrected chi connectivity index (χ0v) is 59.7. The summed E-state index contributed by atoms with van der Waals surface area (Å²) in [7, 11) is -4.39. The summed E-state index contributed by atoms with van der Waals surface area (Å²) in [6.45, 7) is 13.8. The Bertz CT molecular complexity index is 4160. The van der Waals surface area contributed by atoms with Crippen LogP contribution in [0, 0.1) is 29.1 Å². The molecule has 0 spiro atoms. The number of hydrogen-bond donors (Lipinski definition) is 6. The summed E-state index contributed by atoms with van der Waals surface area (Å²) in [5.74, 6) is -3.84. The number of carbonyl (C=O) groups is 8. The monoisotopic (exact) mass is 1420 g/mol. The van der Waals surface area contributed by atoms with Gasteiger partial charge in [0.2, 0.25) is 11.8 Å². The topological polar surface area (TPSA) is 349 Å². The molecule has 6 aromatic rings. The van der Waals surface area contributed by atoms with Crippen molar-refractivity contribution < 1.29 is 72.0 Å². The predicted octanol–water partition coefficient (Wildman–Crippen LogP) is 9.57. The van der Waals surface area contributed by atoms with E-state index >= 15 is 0 Å². The van der Waals surface area contributed by atoms with Gasteiger partial charge in [-0.3, -0.25) is 53.1 Å². The van der Waals surface area contributed by atoms with Crippen molar-refractivity contribution in [3.05, 3.63) is 131 Å². The molecule has 26 nitrogen and oxygen atoms in total. The molecule has 101 heavy (non-hydrogen) atoms. The number of carbonyl (C=O) groups excluding carboxylic acids is 7. The second kappa shape index (κ2) is 30.5. The molecule has 4 bridgehead atoms. The summed E-state index contributed by atoms with van der Waals surface area (Å²) in [6, 6.07) is 21.3. The van der Waals surface area contributed by atoms with Crippen LogP contribution in [-0.2, 0) is 68.9 Å². The van der Waals surface area contributed by atoms with Crippen molar-refractivity contribution in [3.8, 4) is 11.1 Å². The third-order valence-electron chi connectivity index (χ3n) is 20.3. The van der Waals surface area contributed by atoms with Gasteiger partial charge in [-0.2, -0.15) is 5.10 Å². The number of thiazole rings is 1. The zero-order valence-electron chi connectivity index (χ0n) is 58.0. The lowest BCUT2D eigenvalue weighted by Gasteiger charge is -2.69. The molecule has 4 atom stereocenters. The quantitative estimate of drug-likeness (QED) is 0.0130. The minimum atomic E-state index is -4.39. The smallest absolute Gasteiger partial charge is 0.410 e. The summed E-state index contributed by atoms with van der Waals surface area (Å²) in [5.41, 5.74) is 11.0. The van der Waals surface area contributed by atoms with Crippen LogP contribution in [-0.4, -0.2) is 162 Å². The number of benzene rings is 3. The number of carboxylic acids is 1. The average Bonchev–Trinajstić information content (AvgIpc) is 0.883. The van der Waals surface area contributed by atoms with Crippen LogP contribution in [0.4, 0.5) is 21.4 Å². The molecule has 4 aliphatic carbocycles. The van der Waals surface area contributed by atoms with Gasteiger partial charge in [-0.15, -0.1) is 0 Å². The molecular weight excluding hydrogens is 1330 g/mol. The molecule has 2 aliphatic heterocycles. The first kappa shape index (κ1) is 73.5. The zero-order chi connectivity index (χ0) is 72.2. The van der Waals surface area contributed by atoms with E-state index in [0.29, 0.717) is 84.2 Å². The number of ether oxygens (including phenoxy) is 3. The van der Waals surface area contributed by atoms with Crippen molar-refractivity contribution in [1.29, 1.82) is 0 Å². The first-order chi connectivity index (χ1) is 48.0. The van der Waals surface area contributed by atoms with Crippen LogP contribution in [0.15, 0.2) is 97.2 Å². The van der Waals surface area contributed by atoms with Crippen LogP contribution in [0.1, 0.15) is 148 Å². The molecule has 7 amide bonds. The summed E-state index contributed by atoms with van der Waals surface area (Å²) in [6.07, 6.45) is 10.7. The maximum atomic E-state index is 14.3. The van der Waals surface area contributed by atoms with Crippen LogP contribution >= 0.6 is 18.9 Å². The highest BCUT2D eigenvalue weighted by Crippen LogP contribution is 2.72. The summed E-state index contributed by atoms with van der Waals surface area (Å²) < 4.78 is 33.7. The molecular formula is C73H90N11O15PS. The molecule has 28 heteroatoms. The largest absolute Gasteiger partial charge is 0.476 e. The van der Waals surface area contributed by atoms with Gasteiger partial charge in [0, 0.05) is 85.9 Å². The van der Waals surface area contributed by atoms with E-state index in [0.717, 1.165) is 70.5 Å². The summed E-state index contributed by atoms with van der Waals surface area (Å²) in [5, 5.41) is 22.0. The molecule has 7 N–H and O–H groups in total. The number of hydrogen-bond acceptors (Lipinski definition) is 17. The molecule has 12 rings (SSSR count). The molecule has 3 aromatic heterocycles. The van der Waals surface area contributed by atoms with Crippen molar-refractivity contribution in [2.24, 2.45) is 27.9 Å². The van der Waals surface area contributed by atoms with Gasteiger partial charge >= 0.3 is 19.7 Å². The number of imide groups is 1. The molecule has 5 heterocycles. The number of para-hydroxylation sites is 1. The SMILES string of the molecule is Cc1c(-c2ccc(N3CCc4cccc(C(=O)Nc5nc6ccccc6s5)c4C3)nc2C(=O)O)cnn1CC12CC3(C)CC(C)(C1)CC(OCCOCCN(CCCP(=O)(O)O)C(=O)OCc1ccc(N(C(=O)[C@@H](NC(=O)CCCCCN4C(=O)C=CC4=O)C(C)C)[C@@H](C)C(N)=O)cc1)(C3)C2. The van der Waals surface area contributed by atoms with E-state index < -0.39 is 67.1 Å². The Morgan fingerprint density at radius 3 is 2.24 bits per heavy atom. The van der Waals surface area contributed by atoms with E-state index in [9.17, 15) is 57.8 Å². The van der Waals surface area contributed by atoms with E-state index in [-0.39, 0.29) is 98.6 Å². The number of carboxylic acid groups (broad SMARTS) is 1. The highest BCUT2D eigenvalue weighted by atomic mass is 32.1. The third kappa shape index (κ3) is 17.3. The van der Waals surface area contributed by atoms with E-state index in [1.54, 1.807) is 50.4 Å². The van der Waals surface area contributed by atoms with Crippen LogP contribution in [0.25, 0.3) is 21.3 Å². The standard InChI is InChI=1S/C73H90N11O15PS/c1-46(2)62(78-59(85)18-8-7-11-29-82-60(86)25-26-61(82)87)66(90)84(48(4)64(74)88)51-21-19-49(20-22-51)38-98-69(93)80(28-13-35-100(94,95)96)31-32-97-33-34-99-73-42-70(5)39-71(6,43-73)41-72(40-70,44-73)45-83-47(3)54(36-75-83)52-23-24-58(77-63(52)67(91)92)81-30-27-50-14-12-15-53(55(50)37-81)65(89)79-68-76-56-16-9-10-17-57(56)101-68/h9-10,12,14-17,19-26,36,46,48,62H,7-8,11,13,18,27-35,37-45H2,1-6H3,(H2,74,88)(H,78,85)(H,91,92)(H,76,79,89)(H2,94,95,96)/t48-,62-,70?,71?,72?,73?/m0/s1. The Labute approximate surface area is 590 Å². The van der Waals surface area contributed by atoms with Gasteiger partial charge < -0.3 is 50.0 Å². The lowest BCUT2D eigenvalue weighted by atomic mass is 9.39. The lowest BCUT2D eigenvalue weighted by Crippen LogP contribution is -2.64. The number of fused-ring (bicyclic) bond motifs is 2. The maximum Gasteiger partial charge on any atom is 0.410 e. The maximum absolute atomic E-state index is 14.3. The number of nitrogens with two attached hydrogens (primary N) is 1. The van der Waals surface area contributed by atoms with Crippen LogP contribution < -0.4 is 26.2 Å². The van der Waals surface area contributed by atoms with E-state index in [1.165, 1.54) is 40.2 Å². The van der Waals surface area contributed by atoms with Gasteiger partial charge in [0.25, 0.3) is 23.6 Å². The fourth-order valence-corrected chi connectivity index (χ4v) is 18.1. The van der Waals surface area contributed by atoms with Crippen molar-refractivity contribution in [1.82, 2.24) is 34.9 Å². The predicted molar refractivity (Wildman–Crippen MR) is 379 cm³/mol. The van der Waals surface area contributed by atoms with Crippen molar-refractivity contribution in [2.45, 2.75) is 156 Å². The highest BCUT2D eigenvalue weighted by molar-refractivity contribution is 7.51. The Morgan fingerprint density at radius 1 is 0.812 bits per heavy atom. The first-order valence-corrected chi connectivity index (χ1v) is 37.1. The van der Waals surface area contributed by atoms with Gasteiger partial charge in [0.15, 0.2) is 10.8 Å². The first-order valence-electron chi connectivity index (χ1n) is 34.5. The molecule has 2 unspecified atom stereocenters. The Morgan fingerprint density at radius 2 is 1.54 bits per heavy atom. The fourth-order valence-electron chi connectivity index (χ4n) is 16.7. The Balaban J connectivity index is 0.681. The molecule has 6 aliphatic rings. The second-order valence-electron chi connectivity index (χ2n) is 29.1. The highest BCUT2D eigenvalue weighted by Gasteiger charge is 2.66. The number of anilines is 3. The third-order valence-corrected chi connectivity index (χ3v) is 22.1. The second-order valence-corrected chi connectivity index (χ2v) is 31.9. The molecule has 538 valence electrons. The molecule has 0 radical (unpaired) electrons. The van der Waals surface area contributed by atoms with E-state index in [1.807, 2.05) is 65.0 Å². The van der Waals surface area contributed by atoms with Gasteiger partial charge in [-0.05, 0) is 159 Å². The molecule has 3 aromatic carbocycles. The fraction of sp³-hybridized carbons (Fsp3) is 0.493. The summed E-state index contributed by atoms with van der Waals surface area (Å²) >= 11 is 1.41. The normalized spacial score (nSPS) is 21.2. The lowest BCUT2D eigenvalue weighted by molar-refractivity contribution is -0.250. The van der Waals surface area contributed by atoms with Crippen LogP contribution in [0.5, 0.6) is 0 Å². The summed E-state index contributed by atoms with van der Waals surface area (Å²) in [4.78, 5) is 139. The number of aromatic nitrogens is 4. The van der Waals surface area contributed by atoms with Gasteiger partial charge in [-0.25, -0.2) is 19.6 Å². The van der Waals surface area contributed by atoms with Crippen LogP contribution in [0.3, 0.4) is 0 Å². The Kier molecular flexibility index (Phi) is 22.2. The van der Waals surface area contributed by atoms with Crippen molar-refractivity contribution >= 4 is 93.3 Å². The number of nitrogens with one attached hydrogen (secondary N) is 2. The molecule has 0 saturated heterocycles. The number of nitrogens with zero attached hydrogens (tertiary/aromatic N) is 8. The van der Waals surface area contributed by atoms with Gasteiger partial charge in [0.1, 0.15) is 24.5 Å². The van der Waals surface area contributed by atoms with E-state index in [2.05, 4.69) is 29.5 Å². The molecule has 4 saturated carbocycles. The Hall–Kier alpha value is -8.72. The van der Waals surface area contributed by atoms with Gasteiger partial charge in [0.05, 0.1) is 48.0 Å². The van der Waals surface area contributed by atoms with Gasteiger partial charge in [-0.1, -0.05) is 81.9 Å². The van der Waals surface area contributed by atoms with E-state index in [4.69, 9.17) is 30.0 Å².